The first-order chi connectivity index (χ1) is 14.6. The van der Waals surface area contributed by atoms with Crippen LogP contribution in [0.2, 0.25) is 0 Å². The molecule has 1 aliphatic heterocycles. The summed E-state index contributed by atoms with van der Waals surface area (Å²) in [6, 6.07) is 11.7. The molecule has 3 rings (SSSR count). The second-order valence-electron chi connectivity index (χ2n) is 5.66. The van der Waals surface area contributed by atoms with Crippen LogP contribution in [0, 0.1) is 19.1 Å². The van der Waals surface area contributed by atoms with Crippen LogP contribution >= 0.6 is 33.6 Å². The van der Waals surface area contributed by atoms with Crippen molar-refractivity contribution in [3.05, 3.63) is 72.7 Å². The van der Waals surface area contributed by atoms with E-state index >= 15 is 0 Å². The molecular weight excluding hydrogens is 530 g/mol. The van der Waals surface area contributed by atoms with Crippen LogP contribution in [0.3, 0.4) is 0 Å². The van der Waals surface area contributed by atoms with Crippen molar-refractivity contribution in [3.63, 3.8) is 0 Å². The van der Waals surface area contributed by atoms with E-state index in [0.29, 0.717) is 5.56 Å². The topological polar surface area (TPSA) is 28.1 Å². The minimum atomic E-state index is -0.321. The number of nitrogens with zero attached hydrogens (tertiary/aromatic N) is 3. The standard InChI is InChI=1S/C16H13FNO.C5H11N2S2.ClH.Ru/c1-3-12-10-14(17)5-4-13(12)11-18-15-6-8-16(19-2)9-7-15;1-8-6-3-4-7(5-6)9-2;;/h1,3-11H,2H3;5H,3-4H2,1-2H3;1H;/q2*-1;;+3/p-1. The first-order valence-electron chi connectivity index (χ1n) is 8.72. The third kappa shape index (κ3) is 9.50. The molecule has 1 aliphatic rings. The SMILES string of the molecule is CSN1[CH-]N(SC)CC1.[CH-]=Cc1cc(F)ccc1C=Nc1ccc(OC)cc1.[Cl][Ru+2]. The van der Waals surface area contributed by atoms with Gasteiger partial charge in [0.2, 0.25) is 0 Å². The molecule has 0 radical (unpaired) electrons. The second kappa shape index (κ2) is 15.8. The molecule has 30 heavy (non-hydrogen) atoms. The Bertz CT molecular complexity index is 786. The third-order valence-electron chi connectivity index (χ3n) is 3.92. The fourth-order valence-electron chi connectivity index (χ4n) is 2.35. The van der Waals surface area contributed by atoms with E-state index in [0.717, 1.165) is 30.1 Å². The summed E-state index contributed by atoms with van der Waals surface area (Å²) in [4.78, 5) is 4.31. The van der Waals surface area contributed by atoms with Gasteiger partial charge in [-0.25, -0.2) is 10.5 Å². The number of ether oxygens (including phenoxy) is 1. The predicted molar refractivity (Wildman–Crippen MR) is 126 cm³/mol. The van der Waals surface area contributed by atoms with E-state index < -0.39 is 0 Å². The van der Waals surface area contributed by atoms with Gasteiger partial charge in [-0.3, -0.25) is 11.6 Å². The van der Waals surface area contributed by atoms with E-state index in [1.165, 1.54) is 18.2 Å². The second-order valence-corrected chi connectivity index (χ2v) is 7.33. The summed E-state index contributed by atoms with van der Waals surface area (Å²) >= 11 is 5.37. The Morgan fingerprint density at radius 2 is 1.70 bits per heavy atom. The molecule has 0 atom stereocenters. The van der Waals surface area contributed by atoms with Crippen molar-refractivity contribution in [1.82, 2.24) is 8.61 Å². The third-order valence-corrected chi connectivity index (χ3v) is 5.41. The number of benzene rings is 2. The average Bonchev–Trinajstić information content (AvgIpc) is 3.29. The number of rotatable bonds is 6. The zero-order valence-electron chi connectivity index (χ0n) is 16.9. The number of methoxy groups -OCH3 is 1. The fourth-order valence-corrected chi connectivity index (χ4v) is 3.36. The van der Waals surface area contributed by atoms with Gasteiger partial charge in [0.1, 0.15) is 11.6 Å². The molecule has 9 heteroatoms. The molecule has 163 valence electrons. The number of hydrogen-bond acceptors (Lipinski definition) is 6. The molecule has 0 N–H and O–H groups in total. The van der Waals surface area contributed by atoms with Crippen LogP contribution in [-0.4, -0.2) is 47.5 Å². The molecule has 0 unspecified atom stereocenters. The molecule has 1 heterocycles. The van der Waals surface area contributed by atoms with E-state index in [2.05, 4.69) is 42.5 Å². The Labute approximate surface area is 201 Å². The monoisotopic (exact) mass is 554 g/mol. The van der Waals surface area contributed by atoms with E-state index in [1.54, 1.807) is 43.3 Å². The predicted octanol–water partition coefficient (Wildman–Crippen LogP) is 6.00. The fraction of sp³-hybridized carbons (Fsp3) is 0.238. The quantitative estimate of drug-likeness (QED) is 0.189. The van der Waals surface area contributed by atoms with Crippen molar-refractivity contribution in [2.75, 3.05) is 32.7 Å². The molecule has 1 fully saturated rings. The molecule has 0 bridgehead atoms. The van der Waals surface area contributed by atoms with Gasteiger partial charge in [0.25, 0.3) is 0 Å². The van der Waals surface area contributed by atoms with Crippen LogP contribution in [0.4, 0.5) is 10.1 Å². The summed E-state index contributed by atoms with van der Waals surface area (Å²) in [7, 11) is 6.18. The summed E-state index contributed by atoms with van der Waals surface area (Å²) in [6.45, 7) is 9.91. The van der Waals surface area contributed by atoms with E-state index in [4.69, 9.17) is 11.3 Å². The molecular formula is C21H24ClFN3ORuS2. The van der Waals surface area contributed by atoms with Crippen LogP contribution in [0.1, 0.15) is 11.1 Å². The van der Waals surface area contributed by atoms with E-state index in [1.807, 2.05) is 41.6 Å². The van der Waals surface area contributed by atoms with Crippen molar-refractivity contribution in [2.45, 2.75) is 0 Å². The molecule has 2 aromatic rings. The molecule has 4 nitrogen and oxygen atoms in total. The van der Waals surface area contributed by atoms with Gasteiger partial charge in [-0.05, 0) is 55.9 Å². The number of hydrogen-bond donors (Lipinski definition) is 0. The van der Waals surface area contributed by atoms with Crippen LogP contribution in [-0.2, 0) is 17.3 Å². The first-order valence-corrected chi connectivity index (χ1v) is 13.3. The Kier molecular flexibility index (Phi) is 14.3. The van der Waals surface area contributed by atoms with Crippen LogP contribution in [0.15, 0.2) is 47.5 Å². The van der Waals surface area contributed by atoms with E-state index in [-0.39, 0.29) is 5.82 Å². The molecule has 0 aromatic heterocycles. The summed E-state index contributed by atoms with van der Waals surface area (Å²) in [5.74, 6) is 0.454. The van der Waals surface area contributed by atoms with Gasteiger partial charge >= 0.3 is 27.0 Å². The van der Waals surface area contributed by atoms with Gasteiger partial charge in [-0.2, -0.15) is 12.2 Å². The van der Waals surface area contributed by atoms with E-state index in [9.17, 15) is 4.39 Å². The minimum absolute atomic E-state index is 0.321. The van der Waals surface area contributed by atoms with Gasteiger partial charge in [0, 0.05) is 6.21 Å². The zero-order valence-corrected chi connectivity index (χ0v) is 21.1. The Balaban J connectivity index is 0.000000342. The summed E-state index contributed by atoms with van der Waals surface area (Å²) < 4.78 is 22.6. The summed E-state index contributed by atoms with van der Waals surface area (Å²) in [5, 5.41) is 0. The van der Waals surface area contributed by atoms with Gasteiger partial charge in [-0.1, -0.05) is 11.6 Å². The van der Waals surface area contributed by atoms with Crippen molar-refractivity contribution in [1.29, 1.82) is 0 Å². The Morgan fingerprint density at radius 3 is 2.17 bits per heavy atom. The maximum atomic E-state index is 13.0. The van der Waals surface area contributed by atoms with Gasteiger partial charge in [0.15, 0.2) is 0 Å². The summed E-state index contributed by atoms with van der Waals surface area (Å²) in [6.07, 6.45) is 7.21. The average molecular weight is 554 g/mol. The van der Waals surface area contributed by atoms with Crippen molar-refractivity contribution in [3.8, 4) is 5.75 Å². The first kappa shape index (κ1) is 27.1. The molecule has 0 amide bonds. The van der Waals surface area contributed by atoms with Crippen LogP contribution in [0.25, 0.3) is 6.08 Å². The molecule has 0 aliphatic carbocycles. The molecule has 1 saturated heterocycles. The van der Waals surface area contributed by atoms with Crippen molar-refractivity contribution in [2.24, 2.45) is 4.99 Å². The Morgan fingerprint density at radius 1 is 1.10 bits per heavy atom. The maximum absolute atomic E-state index is 13.0. The number of aliphatic imine (C=N–C) groups is 1. The van der Waals surface area contributed by atoms with Gasteiger partial charge < -0.3 is 13.3 Å². The molecule has 2 aromatic carbocycles. The van der Waals surface area contributed by atoms with Gasteiger partial charge in [0.05, 0.1) is 12.8 Å². The summed E-state index contributed by atoms with van der Waals surface area (Å²) in [5.41, 5.74) is 2.16. The van der Waals surface area contributed by atoms with Crippen molar-refractivity contribution >= 4 is 51.6 Å². The number of halogens is 2. The molecule has 0 spiro atoms. The van der Waals surface area contributed by atoms with Crippen LogP contribution in [0.5, 0.6) is 5.75 Å². The Hall–Kier alpha value is -0.887. The zero-order chi connectivity index (χ0) is 22.4. The van der Waals surface area contributed by atoms with Gasteiger partial charge in [-0.15, -0.1) is 30.0 Å². The normalized spacial score (nSPS) is 13.9. The van der Waals surface area contributed by atoms with Crippen LogP contribution < -0.4 is 4.74 Å². The molecule has 0 saturated carbocycles. The van der Waals surface area contributed by atoms with Crippen molar-refractivity contribution < 1.29 is 26.4 Å².